The minimum Gasteiger partial charge on any atom is -0.459 e. The maximum Gasteiger partial charge on any atom is 0.325 e. The lowest BCUT2D eigenvalue weighted by Gasteiger charge is -2.09. The fourth-order valence-electron chi connectivity index (χ4n) is 2.59. The number of nitrogens with one attached hydrogen (secondary N) is 1. The number of benzene rings is 3. The van der Waals surface area contributed by atoms with Gasteiger partial charge in [-0.15, -0.1) is 0 Å². The lowest BCUT2D eigenvalue weighted by atomic mass is 10.1. The van der Waals surface area contributed by atoms with E-state index in [9.17, 15) is 9.59 Å². The average molecular weight is 333 g/mol. The SMILES string of the molecule is Cc1ccc(C(=O)NCC(=O)OCc2cccc3ccccc23)cc1. The second-order valence-electron chi connectivity index (χ2n) is 5.85. The molecule has 0 aromatic heterocycles. The number of hydrogen-bond donors (Lipinski definition) is 1. The van der Waals surface area contributed by atoms with E-state index in [2.05, 4.69) is 5.32 Å². The number of carbonyl (C=O) groups excluding carboxylic acids is 2. The predicted molar refractivity (Wildman–Crippen MR) is 97.3 cm³/mol. The summed E-state index contributed by atoms with van der Waals surface area (Å²) in [7, 11) is 0. The molecule has 4 heteroatoms. The summed E-state index contributed by atoms with van der Waals surface area (Å²) in [6, 6.07) is 21.0. The number of amides is 1. The van der Waals surface area contributed by atoms with Gasteiger partial charge in [-0.2, -0.15) is 0 Å². The third-order valence-electron chi connectivity index (χ3n) is 3.98. The summed E-state index contributed by atoms with van der Waals surface area (Å²) in [5.41, 5.74) is 2.54. The van der Waals surface area contributed by atoms with Crippen LogP contribution in [0.5, 0.6) is 0 Å². The monoisotopic (exact) mass is 333 g/mol. The molecule has 0 atom stereocenters. The second kappa shape index (κ2) is 7.62. The molecule has 0 aliphatic rings. The number of rotatable bonds is 5. The van der Waals surface area contributed by atoms with Gasteiger partial charge < -0.3 is 10.1 Å². The van der Waals surface area contributed by atoms with E-state index in [0.717, 1.165) is 21.9 Å². The molecule has 3 aromatic rings. The third-order valence-corrected chi connectivity index (χ3v) is 3.98. The van der Waals surface area contributed by atoms with Crippen LogP contribution in [0.1, 0.15) is 21.5 Å². The van der Waals surface area contributed by atoms with Gasteiger partial charge >= 0.3 is 5.97 Å². The van der Waals surface area contributed by atoms with Gasteiger partial charge in [-0.1, -0.05) is 60.2 Å². The van der Waals surface area contributed by atoms with Gasteiger partial charge in [-0.05, 0) is 35.4 Å². The Balaban J connectivity index is 1.54. The first-order valence-electron chi connectivity index (χ1n) is 8.10. The number of fused-ring (bicyclic) bond motifs is 1. The van der Waals surface area contributed by atoms with Gasteiger partial charge in [0.1, 0.15) is 13.2 Å². The standard InChI is InChI=1S/C21H19NO3/c1-15-9-11-17(12-10-15)21(24)22-13-20(23)25-14-18-7-4-6-16-5-2-3-8-19(16)18/h2-12H,13-14H2,1H3,(H,22,24). The molecule has 0 saturated carbocycles. The van der Waals surface area contributed by atoms with Crippen LogP contribution in [-0.2, 0) is 16.1 Å². The summed E-state index contributed by atoms with van der Waals surface area (Å²) in [4.78, 5) is 23.9. The Kier molecular flexibility index (Phi) is 5.09. The Morgan fingerprint density at radius 3 is 2.44 bits per heavy atom. The minimum absolute atomic E-state index is 0.155. The highest BCUT2D eigenvalue weighted by molar-refractivity contribution is 5.96. The molecular weight excluding hydrogens is 314 g/mol. The Morgan fingerprint density at radius 2 is 1.64 bits per heavy atom. The van der Waals surface area contributed by atoms with E-state index in [0.29, 0.717) is 5.56 Å². The van der Waals surface area contributed by atoms with Crippen LogP contribution in [0.25, 0.3) is 10.8 Å². The number of carbonyl (C=O) groups is 2. The first kappa shape index (κ1) is 16.7. The summed E-state index contributed by atoms with van der Waals surface area (Å²) in [5.74, 6) is -0.754. The molecule has 0 saturated heterocycles. The molecule has 0 radical (unpaired) electrons. The molecule has 25 heavy (non-hydrogen) atoms. The quantitative estimate of drug-likeness (QED) is 0.726. The number of ether oxygens (including phenoxy) is 1. The van der Waals surface area contributed by atoms with Crippen molar-refractivity contribution in [3.05, 3.63) is 83.4 Å². The molecule has 1 amide bonds. The maximum atomic E-state index is 12.0. The van der Waals surface area contributed by atoms with Crippen molar-refractivity contribution in [1.29, 1.82) is 0 Å². The van der Waals surface area contributed by atoms with E-state index in [4.69, 9.17) is 4.74 Å². The Labute approximate surface area is 146 Å². The van der Waals surface area contributed by atoms with Crippen LogP contribution in [0.3, 0.4) is 0 Å². The summed E-state index contributed by atoms with van der Waals surface area (Å²) < 4.78 is 5.29. The van der Waals surface area contributed by atoms with Crippen LogP contribution >= 0.6 is 0 Å². The summed E-state index contributed by atoms with van der Waals surface area (Å²) in [5, 5.41) is 4.74. The highest BCUT2D eigenvalue weighted by Gasteiger charge is 2.09. The second-order valence-corrected chi connectivity index (χ2v) is 5.85. The molecule has 0 aliphatic carbocycles. The summed E-state index contributed by atoms with van der Waals surface area (Å²) in [6.07, 6.45) is 0. The molecule has 0 spiro atoms. The van der Waals surface area contributed by atoms with Gasteiger partial charge in [-0.3, -0.25) is 9.59 Å². The predicted octanol–water partition coefficient (Wildman–Crippen LogP) is 3.62. The first-order valence-corrected chi connectivity index (χ1v) is 8.10. The molecule has 0 heterocycles. The van der Waals surface area contributed by atoms with Crippen molar-refractivity contribution in [2.75, 3.05) is 6.54 Å². The molecule has 3 rings (SSSR count). The number of esters is 1. The van der Waals surface area contributed by atoms with Crippen LogP contribution < -0.4 is 5.32 Å². The van der Waals surface area contributed by atoms with E-state index < -0.39 is 5.97 Å². The lowest BCUT2D eigenvalue weighted by Crippen LogP contribution is -2.30. The van der Waals surface area contributed by atoms with Gasteiger partial charge in [0, 0.05) is 5.56 Å². The molecule has 0 unspecified atom stereocenters. The van der Waals surface area contributed by atoms with Crippen LogP contribution in [-0.4, -0.2) is 18.4 Å². The number of aryl methyl sites for hydroxylation is 1. The molecule has 126 valence electrons. The van der Waals surface area contributed by atoms with Crippen molar-refractivity contribution in [3.8, 4) is 0 Å². The van der Waals surface area contributed by atoms with E-state index in [1.165, 1.54) is 0 Å². The van der Waals surface area contributed by atoms with Crippen molar-refractivity contribution in [2.24, 2.45) is 0 Å². The van der Waals surface area contributed by atoms with Crippen LogP contribution in [0.4, 0.5) is 0 Å². The van der Waals surface area contributed by atoms with Crippen molar-refractivity contribution < 1.29 is 14.3 Å². The Bertz CT molecular complexity index is 895. The van der Waals surface area contributed by atoms with Crippen molar-refractivity contribution in [3.63, 3.8) is 0 Å². The van der Waals surface area contributed by atoms with Crippen LogP contribution in [0.2, 0.25) is 0 Å². The van der Waals surface area contributed by atoms with Gasteiger partial charge in [0.15, 0.2) is 0 Å². The molecule has 3 aromatic carbocycles. The molecule has 4 nitrogen and oxygen atoms in total. The fraction of sp³-hybridized carbons (Fsp3) is 0.143. The van der Waals surface area contributed by atoms with E-state index in [1.54, 1.807) is 12.1 Å². The van der Waals surface area contributed by atoms with Crippen LogP contribution in [0.15, 0.2) is 66.7 Å². The molecular formula is C21H19NO3. The summed E-state index contributed by atoms with van der Waals surface area (Å²) >= 11 is 0. The smallest absolute Gasteiger partial charge is 0.325 e. The van der Waals surface area contributed by atoms with Crippen LogP contribution in [0, 0.1) is 6.92 Å². The fourth-order valence-corrected chi connectivity index (χ4v) is 2.59. The van der Waals surface area contributed by atoms with Gasteiger partial charge in [0.25, 0.3) is 5.91 Å². The maximum absolute atomic E-state index is 12.0. The Morgan fingerprint density at radius 1 is 0.920 bits per heavy atom. The van der Waals surface area contributed by atoms with E-state index in [1.807, 2.05) is 61.5 Å². The topological polar surface area (TPSA) is 55.4 Å². The van der Waals surface area contributed by atoms with Gasteiger partial charge in [0.2, 0.25) is 0 Å². The van der Waals surface area contributed by atoms with Gasteiger partial charge in [0.05, 0.1) is 0 Å². The molecule has 0 aliphatic heterocycles. The summed E-state index contributed by atoms with van der Waals surface area (Å²) in [6.45, 7) is 1.98. The van der Waals surface area contributed by atoms with E-state index >= 15 is 0 Å². The van der Waals surface area contributed by atoms with Gasteiger partial charge in [-0.25, -0.2) is 0 Å². The molecule has 0 fully saturated rings. The highest BCUT2D eigenvalue weighted by Crippen LogP contribution is 2.19. The molecule has 1 N–H and O–H groups in total. The average Bonchev–Trinajstić information content (AvgIpc) is 2.65. The van der Waals surface area contributed by atoms with Crippen molar-refractivity contribution in [2.45, 2.75) is 13.5 Å². The normalized spacial score (nSPS) is 10.4. The zero-order chi connectivity index (χ0) is 17.6. The zero-order valence-corrected chi connectivity index (χ0v) is 14.0. The van der Waals surface area contributed by atoms with Crippen molar-refractivity contribution in [1.82, 2.24) is 5.32 Å². The minimum atomic E-state index is -0.464. The van der Waals surface area contributed by atoms with E-state index in [-0.39, 0.29) is 19.1 Å². The third kappa shape index (κ3) is 4.23. The zero-order valence-electron chi connectivity index (χ0n) is 14.0. The largest absolute Gasteiger partial charge is 0.459 e. The lowest BCUT2D eigenvalue weighted by molar-refractivity contribution is -0.143. The Hall–Kier alpha value is -3.14. The highest BCUT2D eigenvalue weighted by atomic mass is 16.5. The molecule has 0 bridgehead atoms. The number of hydrogen-bond acceptors (Lipinski definition) is 3. The van der Waals surface area contributed by atoms with Crippen molar-refractivity contribution >= 4 is 22.6 Å². The first-order chi connectivity index (χ1) is 12.1.